The molecule has 21 heavy (non-hydrogen) atoms. The van der Waals surface area contributed by atoms with E-state index in [0.29, 0.717) is 16.2 Å². The van der Waals surface area contributed by atoms with Gasteiger partial charge >= 0.3 is 0 Å². The number of hydrogen-bond donors (Lipinski definition) is 1. The summed E-state index contributed by atoms with van der Waals surface area (Å²) in [6.45, 7) is 0. The molecule has 1 atom stereocenters. The summed E-state index contributed by atoms with van der Waals surface area (Å²) in [5, 5.41) is 8.92. The Morgan fingerprint density at radius 2 is 2.10 bits per heavy atom. The predicted octanol–water partition coefficient (Wildman–Crippen LogP) is 2.60. The van der Waals surface area contributed by atoms with Gasteiger partial charge < -0.3 is 10.5 Å². The van der Waals surface area contributed by atoms with Crippen molar-refractivity contribution in [3.8, 4) is 11.8 Å². The van der Waals surface area contributed by atoms with E-state index >= 15 is 0 Å². The average Bonchev–Trinajstić information content (AvgIpc) is 2.46. The van der Waals surface area contributed by atoms with Crippen molar-refractivity contribution in [2.45, 2.75) is 10.6 Å². The van der Waals surface area contributed by atoms with Crippen LogP contribution in [-0.4, -0.2) is 11.3 Å². The van der Waals surface area contributed by atoms with Gasteiger partial charge in [-0.2, -0.15) is 5.26 Å². The lowest BCUT2D eigenvalue weighted by molar-refractivity contribution is 0.413. The molecule has 4 nitrogen and oxygen atoms in total. The van der Waals surface area contributed by atoms with Crippen LogP contribution in [0.1, 0.15) is 11.1 Å². The first kappa shape index (κ1) is 15.0. The second-order valence-corrected chi connectivity index (χ2v) is 5.74. The molecule has 108 valence electrons. The van der Waals surface area contributed by atoms with Crippen LogP contribution in [0.5, 0.6) is 5.75 Å². The predicted molar refractivity (Wildman–Crippen MR) is 78.6 cm³/mol. The number of ether oxygens (including phenoxy) is 1. The Hall–Kier alpha value is -2.39. The number of anilines is 1. The van der Waals surface area contributed by atoms with Crippen LogP contribution < -0.4 is 10.5 Å². The summed E-state index contributed by atoms with van der Waals surface area (Å²) in [5.74, 6) is 0.171. The molecular formula is C15H13FN2O2S. The van der Waals surface area contributed by atoms with Crippen LogP contribution in [-0.2, 0) is 16.6 Å². The fraction of sp³-hybridized carbons (Fsp3) is 0.133. The standard InChI is InChI=1S/C15H13FN2O2S/c1-20-14-6-10(2-3-11(14)8-17)9-21(19)15-5-4-12(16)7-13(15)18/h2-7H,9,18H2,1H3. The highest BCUT2D eigenvalue weighted by atomic mass is 32.2. The SMILES string of the molecule is COc1cc(CS(=O)c2ccc(F)cc2N)ccc1C#N. The number of rotatable bonds is 4. The van der Waals surface area contributed by atoms with Gasteiger partial charge in [0.2, 0.25) is 0 Å². The molecule has 0 fully saturated rings. The molecule has 6 heteroatoms. The molecule has 2 aromatic rings. The number of halogens is 1. The highest BCUT2D eigenvalue weighted by molar-refractivity contribution is 7.84. The topological polar surface area (TPSA) is 76.1 Å². The van der Waals surface area contributed by atoms with Crippen LogP contribution in [0, 0.1) is 17.1 Å². The molecule has 0 bridgehead atoms. The smallest absolute Gasteiger partial charge is 0.136 e. The third-order valence-corrected chi connectivity index (χ3v) is 4.36. The summed E-state index contributed by atoms with van der Waals surface area (Å²) in [5.41, 5.74) is 6.99. The first-order valence-electron chi connectivity index (χ1n) is 6.05. The lowest BCUT2D eigenvalue weighted by Gasteiger charge is -2.08. The van der Waals surface area contributed by atoms with E-state index in [4.69, 9.17) is 15.7 Å². The number of methoxy groups -OCH3 is 1. The first-order valence-corrected chi connectivity index (χ1v) is 7.37. The van der Waals surface area contributed by atoms with E-state index in [1.807, 2.05) is 6.07 Å². The minimum atomic E-state index is -1.40. The Balaban J connectivity index is 2.26. The van der Waals surface area contributed by atoms with Crippen molar-refractivity contribution in [3.63, 3.8) is 0 Å². The van der Waals surface area contributed by atoms with Crippen LogP contribution in [0.4, 0.5) is 10.1 Å². The molecule has 0 aromatic heterocycles. The molecular weight excluding hydrogens is 291 g/mol. The summed E-state index contributed by atoms with van der Waals surface area (Å²) in [6.07, 6.45) is 0. The van der Waals surface area contributed by atoms with Crippen molar-refractivity contribution < 1.29 is 13.3 Å². The average molecular weight is 304 g/mol. The second-order valence-electron chi connectivity index (χ2n) is 4.32. The highest BCUT2D eigenvalue weighted by Gasteiger charge is 2.11. The van der Waals surface area contributed by atoms with Crippen molar-refractivity contribution in [1.82, 2.24) is 0 Å². The molecule has 0 spiro atoms. The maximum absolute atomic E-state index is 13.0. The van der Waals surface area contributed by atoms with Crippen LogP contribution in [0.2, 0.25) is 0 Å². The third kappa shape index (κ3) is 3.38. The summed E-state index contributed by atoms with van der Waals surface area (Å²) in [6, 6.07) is 10.8. The Bertz CT molecular complexity index is 741. The lowest BCUT2D eigenvalue weighted by atomic mass is 10.1. The van der Waals surface area contributed by atoms with Crippen LogP contribution in [0.3, 0.4) is 0 Å². The van der Waals surface area contributed by atoms with Gasteiger partial charge in [0.05, 0.1) is 39.8 Å². The van der Waals surface area contributed by atoms with E-state index in [-0.39, 0.29) is 11.4 Å². The van der Waals surface area contributed by atoms with Gasteiger partial charge in [-0.15, -0.1) is 0 Å². The maximum atomic E-state index is 13.0. The molecule has 0 heterocycles. The molecule has 2 aromatic carbocycles. The molecule has 0 saturated carbocycles. The van der Waals surface area contributed by atoms with Crippen LogP contribution in [0.15, 0.2) is 41.3 Å². The monoisotopic (exact) mass is 304 g/mol. The van der Waals surface area contributed by atoms with E-state index < -0.39 is 16.6 Å². The zero-order valence-corrected chi connectivity index (χ0v) is 12.1. The maximum Gasteiger partial charge on any atom is 0.136 e. The Morgan fingerprint density at radius 3 is 2.71 bits per heavy atom. The van der Waals surface area contributed by atoms with Crippen molar-refractivity contribution >= 4 is 16.5 Å². The van der Waals surface area contributed by atoms with E-state index in [9.17, 15) is 8.60 Å². The Labute approximate surface area is 124 Å². The second kappa shape index (κ2) is 6.37. The van der Waals surface area contributed by atoms with Crippen molar-refractivity contribution in [2.24, 2.45) is 0 Å². The number of nitriles is 1. The van der Waals surface area contributed by atoms with Gasteiger partial charge in [-0.05, 0) is 35.9 Å². The summed E-state index contributed by atoms with van der Waals surface area (Å²) in [7, 11) is 0.0640. The lowest BCUT2D eigenvalue weighted by Crippen LogP contribution is -2.02. The molecule has 0 radical (unpaired) electrons. The number of nitrogen functional groups attached to an aromatic ring is 1. The molecule has 0 aliphatic carbocycles. The molecule has 0 aliphatic rings. The van der Waals surface area contributed by atoms with Gasteiger partial charge in [0.25, 0.3) is 0 Å². The molecule has 0 saturated heterocycles. The summed E-state index contributed by atoms with van der Waals surface area (Å²) < 4.78 is 30.4. The van der Waals surface area contributed by atoms with Crippen molar-refractivity contribution in [2.75, 3.05) is 12.8 Å². The van der Waals surface area contributed by atoms with E-state index in [2.05, 4.69) is 0 Å². The Morgan fingerprint density at radius 1 is 1.33 bits per heavy atom. The number of benzene rings is 2. The number of nitrogens with two attached hydrogens (primary N) is 1. The van der Waals surface area contributed by atoms with Crippen molar-refractivity contribution in [3.05, 3.63) is 53.3 Å². The molecule has 0 aliphatic heterocycles. The molecule has 0 amide bonds. The van der Waals surface area contributed by atoms with Gasteiger partial charge in [-0.3, -0.25) is 4.21 Å². The van der Waals surface area contributed by atoms with Crippen LogP contribution in [0.25, 0.3) is 0 Å². The zero-order valence-electron chi connectivity index (χ0n) is 11.3. The number of hydrogen-bond acceptors (Lipinski definition) is 4. The third-order valence-electron chi connectivity index (χ3n) is 2.90. The van der Waals surface area contributed by atoms with E-state index in [1.165, 1.54) is 19.2 Å². The minimum Gasteiger partial charge on any atom is -0.495 e. The number of nitrogens with zero attached hydrogens (tertiary/aromatic N) is 1. The van der Waals surface area contributed by atoms with Gasteiger partial charge in [0.1, 0.15) is 17.6 Å². The van der Waals surface area contributed by atoms with Gasteiger partial charge in [0.15, 0.2) is 0 Å². The van der Waals surface area contributed by atoms with Gasteiger partial charge in [-0.25, -0.2) is 4.39 Å². The first-order chi connectivity index (χ1) is 10.0. The van der Waals surface area contributed by atoms with Gasteiger partial charge in [0, 0.05) is 0 Å². The fourth-order valence-corrected chi connectivity index (χ4v) is 3.05. The highest BCUT2D eigenvalue weighted by Crippen LogP contribution is 2.24. The van der Waals surface area contributed by atoms with Crippen molar-refractivity contribution in [1.29, 1.82) is 5.26 Å². The zero-order chi connectivity index (χ0) is 15.4. The summed E-state index contributed by atoms with van der Waals surface area (Å²) in [4.78, 5) is 0.389. The van der Waals surface area contributed by atoms with E-state index in [1.54, 1.807) is 18.2 Å². The fourth-order valence-electron chi connectivity index (χ4n) is 1.87. The quantitative estimate of drug-likeness (QED) is 0.881. The van der Waals surface area contributed by atoms with Crippen LogP contribution >= 0.6 is 0 Å². The van der Waals surface area contributed by atoms with E-state index in [0.717, 1.165) is 11.6 Å². The normalized spacial score (nSPS) is 11.7. The largest absolute Gasteiger partial charge is 0.495 e. The Kier molecular flexibility index (Phi) is 4.55. The molecule has 1 unspecified atom stereocenters. The minimum absolute atomic E-state index is 0.161. The molecule has 2 N–H and O–H groups in total. The molecule has 2 rings (SSSR count). The van der Waals surface area contributed by atoms with Gasteiger partial charge in [-0.1, -0.05) is 6.07 Å². The summed E-state index contributed by atoms with van der Waals surface area (Å²) >= 11 is 0.